The number of nitrogens with one attached hydrogen (secondary N) is 1. The third kappa shape index (κ3) is 8.29. The van der Waals surface area contributed by atoms with Crippen LogP contribution in [0.1, 0.15) is 70.0 Å². The summed E-state index contributed by atoms with van der Waals surface area (Å²) in [6.45, 7) is 12.3. The monoisotopic (exact) mass is 781 g/mol. The standard InChI is InChI=1S/C39H51N5O12/c1-16-11-10-12-17(2)37(52)43-28-23(15-42-44-38(40)41)32(49)25-26(33(28)50)31(48)21(6)35-27(25)36(51)39(8,56-35)54-14-13-24(53-9)18(3)34(55-22(7)45)20(5)30(47)19(4)29(16)46/h10-16,18-20,24,29-30,34,46-50H,1-9H3,(H,43,52)(H4,40,41,44)/b11-10+,14-13+,17-12-,42-15-/t16-,18+,19+,20+,24-,29-,30+,34+,39-/m0/s1. The molecule has 3 aliphatic heterocycles. The molecule has 0 aliphatic carbocycles. The lowest BCUT2D eigenvalue weighted by Gasteiger charge is -2.38. The van der Waals surface area contributed by atoms with E-state index in [4.69, 9.17) is 30.4 Å². The average molecular weight is 782 g/mol. The Morgan fingerprint density at radius 1 is 0.964 bits per heavy atom. The van der Waals surface area contributed by atoms with E-state index in [1.807, 2.05) is 0 Å². The number of phenols is 3. The van der Waals surface area contributed by atoms with Crippen molar-refractivity contribution in [3.8, 4) is 23.0 Å². The van der Waals surface area contributed by atoms with E-state index >= 15 is 0 Å². The largest absolute Gasteiger partial charge is 0.507 e. The molecule has 304 valence electrons. The number of anilines is 1. The molecule has 0 radical (unpaired) electrons. The lowest BCUT2D eigenvalue weighted by molar-refractivity contribution is -0.160. The van der Waals surface area contributed by atoms with Crippen molar-refractivity contribution in [1.29, 1.82) is 0 Å². The zero-order valence-corrected chi connectivity index (χ0v) is 32.7. The van der Waals surface area contributed by atoms with E-state index in [0.29, 0.717) is 0 Å². The number of benzene rings is 2. The van der Waals surface area contributed by atoms with Gasteiger partial charge in [-0.3, -0.25) is 14.4 Å². The Kier molecular flexibility index (Phi) is 13.1. The number of aromatic hydroxyl groups is 3. The van der Waals surface area contributed by atoms with Crippen molar-refractivity contribution in [2.45, 2.75) is 85.6 Å². The van der Waals surface area contributed by atoms with E-state index in [9.17, 15) is 39.9 Å². The summed E-state index contributed by atoms with van der Waals surface area (Å²) in [6.07, 6.45) is 4.19. The minimum absolute atomic E-state index is 0.00323. The van der Waals surface area contributed by atoms with Crippen molar-refractivity contribution >= 4 is 46.3 Å². The number of nitrogens with two attached hydrogens (primary N) is 2. The van der Waals surface area contributed by atoms with Gasteiger partial charge in [-0.2, -0.15) is 5.10 Å². The number of rotatable bonds is 4. The van der Waals surface area contributed by atoms with E-state index in [-0.39, 0.29) is 33.4 Å². The molecule has 1 amide bonds. The van der Waals surface area contributed by atoms with Crippen LogP contribution >= 0.6 is 0 Å². The van der Waals surface area contributed by atoms with Gasteiger partial charge in [0, 0.05) is 61.2 Å². The van der Waals surface area contributed by atoms with Crippen LogP contribution in [0, 0.1) is 30.6 Å². The fourth-order valence-corrected chi connectivity index (χ4v) is 7.03. The number of amides is 1. The number of nitrogens with zero attached hydrogens (tertiary/aromatic N) is 2. The first-order chi connectivity index (χ1) is 26.2. The second-order valence-electron chi connectivity index (χ2n) is 14.4. The van der Waals surface area contributed by atoms with Gasteiger partial charge < -0.3 is 61.3 Å². The first-order valence-electron chi connectivity index (χ1n) is 17.9. The zero-order chi connectivity index (χ0) is 42.0. The second kappa shape index (κ2) is 17.0. The van der Waals surface area contributed by atoms with Crippen LogP contribution in [0.15, 0.2) is 46.3 Å². The average Bonchev–Trinajstić information content (AvgIpc) is 3.41. The maximum Gasteiger partial charge on any atom is 0.312 e. The molecule has 17 nitrogen and oxygen atoms in total. The summed E-state index contributed by atoms with van der Waals surface area (Å²) in [5, 5.41) is 66.7. The van der Waals surface area contributed by atoms with Crippen molar-refractivity contribution in [3.63, 3.8) is 0 Å². The van der Waals surface area contributed by atoms with E-state index in [0.717, 1.165) is 12.5 Å². The molecule has 17 heteroatoms. The molecule has 56 heavy (non-hydrogen) atoms. The number of esters is 1. The Labute approximate surface area is 324 Å². The number of ketones is 1. The lowest BCUT2D eigenvalue weighted by Crippen LogP contribution is -2.46. The predicted octanol–water partition coefficient (Wildman–Crippen LogP) is 3.36. The molecule has 0 unspecified atom stereocenters. The lowest BCUT2D eigenvalue weighted by atomic mass is 9.78. The van der Waals surface area contributed by atoms with Gasteiger partial charge in [0.2, 0.25) is 5.96 Å². The number of hydrogen-bond donors (Lipinski definition) is 8. The molecular formula is C39H51N5O12. The number of guanidine groups is 1. The van der Waals surface area contributed by atoms with Crippen molar-refractivity contribution in [1.82, 2.24) is 0 Å². The Bertz CT molecular complexity index is 2040. The van der Waals surface area contributed by atoms with Gasteiger partial charge >= 0.3 is 11.8 Å². The van der Waals surface area contributed by atoms with Gasteiger partial charge in [-0.1, -0.05) is 45.9 Å². The van der Waals surface area contributed by atoms with Gasteiger partial charge in [0.25, 0.3) is 11.7 Å². The van der Waals surface area contributed by atoms with E-state index in [1.54, 1.807) is 33.8 Å². The molecule has 2 aromatic rings. The van der Waals surface area contributed by atoms with Gasteiger partial charge in [-0.25, -0.2) is 0 Å². The maximum absolute atomic E-state index is 14.3. The first-order valence-corrected chi connectivity index (χ1v) is 17.9. The summed E-state index contributed by atoms with van der Waals surface area (Å²) >= 11 is 0. The van der Waals surface area contributed by atoms with Crippen LogP contribution < -0.4 is 21.5 Å². The van der Waals surface area contributed by atoms with Crippen LogP contribution in [0.2, 0.25) is 0 Å². The normalized spacial score (nSPS) is 30.9. The van der Waals surface area contributed by atoms with Gasteiger partial charge in [0.15, 0.2) is 5.75 Å². The summed E-state index contributed by atoms with van der Waals surface area (Å²) in [7, 11) is 1.41. The molecule has 2 aromatic carbocycles. The smallest absolute Gasteiger partial charge is 0.312 e. The summed E-state index contributed by atoms with van der Waals surface area (Å²) in [5.74, 6) is -9.46. The molecule has 0 saturated carbocycles. The Morgan fingerprint density at radius 2 is 1.62 bits per heavy atom. The quantitative estimate of drug-likeness (QED) is 0.0552. The zero-order valence-electron chi connectivity index (χ0n) is 32.7. The highest BCUT2D eigenvalue weighted by atomic mass is 16.7. The molecule has 5 bridgehead atoms. The first kappa shape index (κ1) is 43.1. The second-order valence-corrected chi connectivity index (χ2v) is 14.4. The van der Waals surface area contributed by atoms with Crippen LogP contribution in [0.25, 0.3) is 10.8 Å². The fourth-order valence-electron chi connectivity index (χ4n) is 7.03. The van der Waals surface area contributed by atoms with Crippen molar-refractivity contribution in [3.05, 3.63) is 52.8 Å². The molecule has 0 fully saturated rings. The highest BCUT2D eigenvalue weighted by Crippen LogP contribution is 2.55. The van der Waals surface area contributed by atoms with E-state index < -0.39 is 106 Å². The van der Waals surface area contributed by atoms with Crippen molar-refractivity contribution in [2.24, 2.45) is 45.3 Å². The molecule has 3 heterocycles. The molecule has 0 aromatic heterocycles. The number of allylic oxidation sites excluding steroid dienone is 2. The maximum atomic E-state index is 14.3. The number of ether oxygens (including phenoxy) is 4. The highest BCUT2D eigenvalue weighted by Gasteiger charge is 2.50. The number of aliphatic hydroxyl groups excluding tert-OH is 2. The summed E-state index contributed by atoms with van der Waals surface area (Å²) in [4.78, 5) is 40.1. The van der Waals surface area contributed by atoms with Crippen LogP contribution in [0.5, 0.6) is 23.0 Å². The number of carbonyl (C=O) groups excluding carboxylic acids is 3. The summed E-state index contributed by atoms with van der Waals surface area (Å²) in [5.41, 5.74) is 9.94. The molecule has 3 aliphatic rings. The predicted molar refractivity (Wildman–Crippen MR) is 207 cm³/mol. The molecule has 5 rings (SSSR count). The Balaban J connectivity index is 1.99. The van der Waals surface area contributed by atoms with Crippen LogP contribution in [0.4, 0.5) is 5.69 Å². The van der Waals surface area contributed by atoms with E-state index in [2.05, 4.69) is 15.5 Å². The summed E-state index contributed by atoms with van der Waals surface area (Å²) in [6, 6.07) is 0. The minimum atomic E-state index is -2.09. The van der Waals surface area contributed by atoms with Crippen LogP contribution in [-0.4, -0.2) is 92.7 Å². The number of aliphatic hydroxyl groups is 2. The van der Waals surface area contributed by atoms with Crippen LogP contribution in [0.3, 0.4) is 0 Å². The molecule has 0 spiro atoms. The van der Waals surface area contributed by atoms with Crippen LogP contribution in [-0.2, 0) is 23.8 Å². The number of phenolic OH excluding ortho intramolecular Hbond substituents is 3. The number of Topliss-reactive ketones (excluding diaryl/α,β-unsaturated/α-hetero) is 1. The molecule has 10 N–H and O–H groups in total. The topological polar surface area (TPSA) is 278 Å². The number of fused-ring (bicyclic) bond motifs is 14. The third-order valence-electron chi connectivity index (χ3n) is 10.4. The van der Waals surface area contributed by atoms with Gasteiger partial charge in [-0.05, 0) is 19.9 Å². The SMILES string of the molecule is CO[C@H]1/C=C/O[C@@]2(C)Oc3c(C)c(O)c4c(O)c(c(/C=N\N=C(N)N)c(O)c4c3C2=O)NC(=O)/C(C)=C\C=C\[C@H](C)[C@H](O)[C@@H](C)[C@@H](O)[C@@H](C)[C@H](OC(C)=O)[C@@H]1C. The van der Waals surface area contributed by atoms with Crippen molar-refractivity contribution in [2.75, 3.05) is 12.4 Å². The number of hydrogen-bond acceptors (Lipinski definition) is 14. The molecule has 9 atom stereocenters. The van der Waals surface area contributed by atoms with Gasteiger partial charge in [0.05, 0.1) is 53.0 Å². The fraction of sp³-hybridized carbons (Fsp3) is 0.462. The number of methoxy groups -OCH3 is 1. The number of carbonyl (C=O) groups is 3. The Morgan fingerprint density at radius 3 is 2.23 bits per heavy atom. The third-order valence-corrected chi connectivity index (χ3v) is 10.4. The Hall–Kier alpha value is -5.65. The van der Waals surface area contributed by atoms with Gasteiger partial charge in [0.1, 0.15) is 23.4 Å². The highest BCUT2D eigenvalue weighted by molar-refractivity contribution is 6.23. The molecule has 0 saturated heterocycles. The van der Waals surface area contributed by atoms with E-state index in [1.165, 1.54) is 53.0 Å². The van der Waals surface area contributed by atoms with Gasteiger partial charge in [-0.15, -0.1) is 5.10 Å². The van der Waals surface area contributed by atoms with Crippen molar-refractivity contribution < 1.29 is 58.9 Å². The minimum Gasteiger partial charge on any atom is -0.507 e. The summed E-state index contributed by atoms with van der Waals surface area (Å²) < 4.78 is 23.3. The molecular weight excluding hydrogens is 730 g/mol.